The molecule has 0 amide bonds. The van der Waals surface area contributed by atoms with Crippen LogP contribution in [0, 0.1) is 10.1 Å². The molecule has 1 aromatic rings. The molecule has 1 rings (SSSR count). The van der Waals surface area contributed by atoms with Crippen molar-refractivity contribution in [3.63, 3.8) is 0 Å². The van der Waals surface area contributed by atoms with Gasteiger partial charge >= 0.3 is 18.3 Å². The Labute approximate surface area is 97.5 Å². The van der Waals surface area contributed by atoms with Crippen LogP contribution in [0.5, 0.6) is 5.75 Å². The van der Waals surface area contributed by atoms with Crippen molar-refractivity contribution >= 4 is 23.3 Å². The average molecular weight is 268 g/mol. The zero-order valence-electron chi connectivity index (χ0n) is 7.89. The average Bonchev–Trinajstić information content (AvgIpc) is 2.15. The van der Waals surface area contributed by atoms with E-state index >= 15 is 0 Å². The Morgan fingerprint density at radius 1 is 1.53 bits per heavy atom. The zero-order chi connectivity index (χ0) is 13.2. The molecule has 92 valence electrons. The summed E-state index contributed by atoms with van der Waals surface area (Å²) in [7, 11) is 0. The van der Waals surface area contributed by atoms with E-state index in [1.165, 1.54) is 0 Å². The van der Waals surface area contributed by atoms with Crippen LogP contribution >= 0.6 is 11.6 Å². The lowest BCUT2D eigenvalue weighted by atomic mass is 10.1. The molecule has 0 atom stereocenters. The number of alkyl halides is 2. The van der Waals surface area contributed by atoms with Gasteiger partial charge in [-0.1, -0.05) is 11.6 Å². The van der Waals surface area contributed by atoms with Crippen LogP contribution in [0.25, 0.3) is 0 Å². The highest BCUT2D eigenvalue weighted by atomic mass is 35.5. The number of ether oxygens (including phenoxy) is 1. The highest BCUT2D eigenvalue weighted by molar-refractivity contribution is 6.34. The minimum Gasteiger partial charge on any atom is -0.477 e. The summed E-state index contributed by atoms with van der Waals surface area (Å²) in [5.74, 6) is -2.76. The first-order chi connectivity index (χ1) is 7.84. The number of halogens is 3. The van der Waals surface area contributed by atoms with Crippen LogP contribution in [0.15, 0.2) is 12.1 Å². The molecule has 0 radical (unpaired) electrons. The Morgan fingerprint density at radius 2 is 2.12 bits per heavy atom. The summed E-state index contributed by atoms with van der Waals surface area (Å²) in [6.07, 6.45) is 0. The van der Waals surface area contributed by atoms with Gasteiger partial charge in [-0.2, -0.15) is 8.78 Å². The number of hydrogen-bond donors (Lipinski definition) is 1. The minimum absolute atomic E-state index is 0.432. The fourth-order valence-electron chi connectivity index (χ4n) is 1.10. The Morgan fingerprint density at radius 3 is 2.53 bits per heavy atom. The van der Waals surface area contributed by atoms with Gasteiger partial charge in [-0.3, -0.25) is 10.1 Å². The molecule has 1 aromatic carbocycles. The summed E-state index contributed by atoms with van der Waals surface area (Å²) in [4.78, 5) is 20.3. The maximum Gasteiger partial charge on any atom is 0.387 e. The third kappa shape index (κ3) is 2.78. The van der Waals surface area contributed by atoms with Crippen LogP contribution < -0.4 is 4.74 Å². The Kier molecular flexibility index (Phi) is 3.79. The van der Waals surface area contributed by atoms with Crippen molar-refractivity contribution in [2.75, 3.05) is 0 Å². The summed E-state index contributed by atoms with van der Waals surface area (Å²) < 4.78 is 28.0. The molecular formula is C8H4ClF2NO5. The standard InChI is InChI=1S/C8H4ClF2NO5/c9-3-1-2-4(12(15)16)6(17-8(10)11)5(3)7(13)14/h1-2,8H,(H,13,14). The van der Waals surface area contributed by atoms with Gasteiger partial charge in [0, 0.05) is 6.07 Å². The van der Waals surface area contributed by atoms with Gasteiger partial charge in [-0.25, -0.2) is 4.79 Å². The normalized spacial score (nSPS) is 10.4. The number of hydrogen-bond acceptors (Lipinski definition) is 4. The molecule has 0 saturated heterocycles. The molecule has 6 nitrogen and oxygen atoms in total. The van der Waals surface area contributed by atoms with Crippen molar-refractivity contribution in [1.29, 1.82) is 0 Å². The SMILES string of the molecule is O=C(O)c1c(Cl)ccc([N+](=O)[O-])c1OC(F)F. The molecule has 0 aliphatic rings. The van der Waals surface area contributed by atoms with Gasteiger partial charge in [0.15, 0.2) is 0 Å². The second-order valence-electron chi connectivity index (χ2n) is 2.71. The first kappa shape index (κ1) is 13.1. The molecule has 1 N–H and O–H groups in total. The van der Waals surface area contributed by atoms with Crippen LogP contribution in [0.4, 0.5) is 14.5 Å². The van der Waals surface area contributed by atoms with Crippen molar-refractivity contribution in [2.24, 2.45) is 0 Å². The van der Waals surface area contributed by atoms with Gasteiger partial charge in [0.2, 0.25) is 5.75 Å². The summed E-state index contributed by atoms with van der Waals surface area (Å²) in [6, 6.07) is 1.70. The number of benzene rings is 1. The van der Waals surface area contributed by atoms with E-state index in [9.17, 15) is 23.7 Å². The van der Waals surface area contributed by atoms with Gasteiger partial charge in [0.05, 0.1) is 9.95 Å². The fraction of sp³-hybridized carbons (Fsp3) is 0.125. The molecule has 0 aliphatic heterocycles. The van der Waals surface area contributed by atoms with E-state index in [1.807, 2.05) is 0 Å². The smallest absolute Gasteiger partial charge is 0.387 e. The highest BCUT2D eigenvalue weighted by Gasteiger charge is 2.28. The summed E-state index contributed by atoms with van der Waals surface area (Å²) in [6.45, 7) is -3.40. The lowest BCUT2D eigenvalue weighted by Gasteiger charge is -2.09. The maximum atomic E-state index is 12.1. The molecule has 0 aliphatic carbocycles. The van der Waals surface area contributed by atoms with E-state index in [1.54, 1.807) is 0 Å². The predicted molar refractivity (Wildman–Crippen MR) is 51.7 cm³/mol. The summed E-state index contributed by atoms with van der Waals surface area (Å²) in [5.41, 5.74) is -1.77. The number of rotatable bonds is 4. The quantitative estimate of drug-likeness (QED) is 0.669. The van der Waals surface area contributed by atoms with Crippen LogP contribution in [-0.2, 0) is 0 Å². The van der Waals surface area contributed by atoms with Crippen molar-refractivity contribution < 1.29 is 28.3 Å². The summed E-state index contributed by atoms with van der Waals surface area (Å²) >= 11 is 5.46. The lowest BCUT2D eigenvalue weighted by molar-refractivity contribution is -0.386. The third-order valence-corrected chi connectivity index (χ3v) is 2.02. The molecule has 0 aromatic heterocycles. The zero-order valence-corrected chi connectivity index (χ0v) is 8.65. The van der Waals surface area contributed by atoms with Crippen molar-refractivity contribution in [3.05, 3.63) is 32.8 Å². The molecule has 0 fully saturated rings. The topological polar surface area (TPSA) is 89.7 Å². The third-order valence-electron chi connectivity index (χ3n) is 1.70. The number of carbonyl (C=O) groups is 1. The monoisotopic (exact) mass is 267 g/mol. The van der Waals surface area contributed by atoms with Crippen LogP contribution in [0.2, 0.25) is 5.02 Å². The van der Waals surface area contributed by atoms with E-state index in [0.717, 1.165) is 12.1 Å². The molecule has 0 saturated carbocycles. The maximum absolute atomic E-state index is 12.1. The highest BCUT2D eigenvalue weighted by Crippen LogP contribution is 2.36. The van der Waals surface area contributed by atoms with E-state index in [4.69, 9.17) is 16.7 Å². The van der Waals surface area contributed by atoms with Gasteiger partial charge in [0.25, 0.3) is 0 Å². The van der Waals surface area contributed by atoms with Crippen LogP contribution in [0.1, 0.15) is 10.4 Å². The Balaban J connectivity index is 3.49. The minimum atomic E-state index is -3.40. The van der Waals surface area contributed by atoms with Crippen LogP contribution in [0.3, 0.4) is 0 Å². The number of aromatic carboxylic acids is 1. The molecule has 9 heteroatoms. The van der Waals surface area contributed by atoms with Crippen molar-refractivity contribution in [1.82, 2.24) is 0 Å². The number of carboxylic acids is 1. The van der Waals surface area contributed by atoms with E-state index in [0.29, 0.717) is 0 Å². The first-order valence-corrected chi connectivity index (χ1v) is 4.37. The predicted octanol–water partition coefficient (Wildman–Crippen LogP) is 2.55. The first-order valence-electron chi connectivity index (χ1n) is 3.99. The van der Waals surface area contributed by atoms with Gasteiger partial charge in [-0.05, 0) is 6.07 Å². The second-order valence-corrected chi connectivity index (χ2v) is 3.12. The van der Waals surface area contributed by atoms with Gasteiger partial charge in [-0.15, -0.1) is 0 Å². The van der Waals surface area contributed by atoms with Crippen molar-refractivity contribution in [3.8, 4) is 5.75 Å². The van der Waals surface area contributed by atoms with Crippen molar-refractivity contribution in [2.45, 2.75) is 6.61 Å². The van der Waals surface area contributed by atoms with Gasteiger partial charge in [0.1, 0.15) is 5.56 Å². The summed E-state index contributed by atoms with van der Waals surface area (Å²) in [5, 5.41) is 18.8. The lowest BCUT2D eigenvalue weighted by Crippen LogP contribution is -2.10. The number of nitrogens with zero attached hydrogens (tertiary/aromatic N) is 1. The Bertz CT molecular complexity index is 479. The molecule has 0 unspecified atom stereocenters. The largest absolute Gasteiger partial charge is 0.477 e. The van der Waals surface area contributed by atoms with Gasteiger partial charge < -0.3 is 9.84 Å². The van der Waals surface area contributed by atoms with E-state index < -0.39 is 39.5 Å². The van der Waals surface area contributed by atoms with Crippen LogP contribution in [-0.4, -0.2) is 22.6 Å². The molecule has 0 bridgehead atoms. The second kappa shape index (κ2) is 4.91. The van der Waals surface area contributed by atoms with E-state index in [2.05, 4.69) is 4.74 Å². The molecule has 17 heavy (non-hydrogen) atoms. The molecule has 0 spiro atoms. The van der Waals surface area contributed by atoms with E-state index in [-0.39, 0.29) is 0 Å². The number of carboxylic acid groups (broad SMARTS) is 1. The molecular weight excluding hydrogens is 264 g/mol. The molecule has 0 heterocycles. The fourth-order valence-corrected chi connectivity index (χ4v) is 1.33. The number of nitro benzene ring substituents is 1. The number of nitro groups is 1. The Hall–Kier alpha value is -1.96.